The second-order valence-corrected chi connectivity index (χ2v) is 9.79. The Labute approximate surface area is 173 Å². The van der Waals surface area contributed by atoms with Crippen molar-refractivity contribution in [3.8, 4) is 11.5 Å². The van der Waals surface area contributed by atoms with Crippen molar-refractivity contribution in [3.63, 3.8) is 0 Å². The Balaban J connectivity index is 1.81. The summed E-state index contributed by atoms with van der Waals surface area (Å²) in [6.07, 6.45) is 0. The van der Waals surface area contributed by atoms with E-state index in [1.165, 1.54) is 19.2 Å². The monoisotopic (exact) mass is 439 g/mol. The van der Waals surface area contributed by atoms with Crippen LogP contribution in [0.15, 0.2) is 47.4 Å². The minimum Gasteiger partial charge on any atom is -0.454 e. The molecule has 2 aromatic carbocycles. The third-order valence-electron chi connectivity index (χ3n) is 5.33. The van der Waals surface area contributed by atoms with Crippen LogP contribution in [0.3, 0.4) is 0 Å². The van der Waals surface area contributed by atoms with Crippen LogP contribution >= 0.6 is 23.8 Å². The summed E-state index contributed by atoms with van der Waals surface area (Å²) in [6.45, 7) is 0.230. The molecule has 1 saturated carbocycles. The van der Waals surface area contributed by atoms with Gasteiger partial charge in [-0.25, -0.2) is 8.42 Å². The topological polar surface area (TPSA) is 87.8 Å². The van der Waals surface area contributed by atoms with E-state index in [1.807, 2.05) is 6.07 Å². The number of nitrogens with two attached hydrogens (primary N) is 1. The van der Waals surface area contributed by atoms with E-state index in [1.54, 1.807) is 24.3 Å². The maximum absolute atomic E-state index is 13.4. The summed E-state index contributed by atoms with van der Waals surface area (Å²) < 4.78 is 43.0. The summed E-state index contributed by atoms with van der Waals surface area (Å²) in [4.78, 5) is 0.279. The van der Waals surface area contributed by atoms with Gasteiger partial charge in [0, 0.05) is 18.1 Å². The van der Waals surface area contributed by atoms with Gasteiger partial charge >= 0.3 is 0 Å². The molecule has 4 rings (SSSR count). The van der Waals surface area contributed by atoms with Crippen LogP contribution in [0, 0.1) is 5.41 Å². The Morgan fingerprint density at radius 1 is 1.25 bits per heavy atom. The van der Waals surface area contributed by atoms with Gasteiger partial charge in [-0.05, 0) is 42.0 Å². The van der Waals surface area contributed by atoms with E-state index in [2.05, 4.69) is 0 Å². The largest absolute Gasteiger partial charge is 0.454 e. The third kappa shape index (κ3) is 2.86. The number of rotatable bonds is 6. The summed E-state index contributed by atoms with van der Waals surface area (Å²) in [6, 6.07) is 11.4. The third-order valence-corrected chi connectivity index (χ3v) is 8.25. The van der Waals surface area contributed by atoms with Crippen LogP contribution in [0.5, 0.6) is 11.5 Å². The first-order chi connectivity index (χ1) is 13.3. The fourth-order valence-corrected chi connectivity index (χ4v) is 6.88. The average Bonchev–Trinajstić information content (AvgIpc) is 3.13. The second-order valence-electron chi connectivity index (χ2n) is 6.85. The van der Waals surface area contributed by atoms with E-state index < -0.39 is 26.4 Å². The molecule has 2 aliphatic rings. The Morgan fingerprint density at radius 2 is 1.93 bits per heavy atom. The van der Waals surface area contributed by atoms with Gasteiger partial charge in [0.1, 0.15) is 0 Å². The van der Waals surface area contributed by atoms with Crippen molar-refractivity contribution >= 4 is 38.6 Å². The van der Waals surface area contributed by atoms with Gasteiger partial charge in [0.25, 0.3) is 0 Å². The first-order valence-electron chi connectivity index (χ1n) is 8.50. The van der Waals surface area contributed by atoms with Crippen molar-refractivity contribution in [2.45, 2.75) is 16.1 Å². The van der Waals surface area contributed by atoms with Gasteiger partial charge in [-0.3, -0.25) is 0 Å². The normalized spacial score (nSPS) is 25.5. The molecule has 0 amide bonds. The molecule has 3 atom stereocenters. The van der Waals surface area contributed by atoms with E-state index in [0.29, 0.717) is 16.5 Å². The molecule has 0 bridgehead atoms. The fraction of sp³-hybridized carbons (Fsp3) is 0.316. The molecule has 1 heterocycles. The van der Waals surface area contributed by atoms with Crippen molar-refractivity contribution in [2.24, 2.45) is 11.1 Å². The maximum Gasteiger partial charge on any atom is 0.231 e. The minimum absolute atomic E-state index is 0.0962. The smallest absolute Gasteiger partial charge is 0.231 e. The first kappa shape index (κ1) is 19.4. The summed E-state index contributed by atoms with van der Waals surface area (Å²) >= 11 is 11.2. The zero-order valence-corrected chi connectivity index (χ0v) is 17.3. The van der Waals surface area contributed by atoms with E-state index in [9.17, 15) is 8.42 Å². The molecule has 0 unspecified atom stereocenters. The number of benzene rings is 2. The van der Waals surface area contributed by atoms with E-state index in [4.69, 9.17) is 43.8 Å². The number of hydrogen-bond acceptors (Lipinski definition) is 6. The number of halogens is 1. The highest BCUT2D eigenvalue weighted by atomic mass is 35.5. The minimum atomic E-state index is -3.75. The van der Waals surface area contributed by atoms with Crippen LogP contribution in [0.2, 0.25) is 5.02 Å². The van der Waals surface area contributed by atoms with Gasteiger partial charge in [0.2, 0.25) is 6.79 Å². The molecule has 0 radical (unpaired) electrons. The molecule has 28 heavy (non-hydrogen) atoms. The molecule has 1 aliphatic carbocycles. The van der Waals surface area contributed by atoms with Crippen molar-refractivity contribution < 1.29 is 22.6 Å². The highest BCUT2D eigenvalue weighted by Crippen LogP contribution is 2.65. The van der Waals surface area contributed by atoms with Crippen LogP contribution in [0.4, 0.5) is 0 Å². The van der Waals surface area contributed by atoms with E-state index in [-0.39, 0.29) is 23.3 Å². The van der Waals surface area contributed by atoms with Gasteiger partial charge in [-0.1, -0.05) is 29.9 Å². The zero-order chi connectivity index (χ0) is 20.1. The van der Waals surface area contributed by atoms with Crippen LogP contribution in [0.1, 0.15) is 11.5 Å². The Hall–Kier alpha value is -1.87. The van der Waals surface area contributed by atoms with E-state index in [0.717, 1.165) is 5.56 Å². The lowest BCUT2D eigenvalue weighted by molar-refractivity contribution is 0.166. The lowest BCUT2D eigenvalue weighted by Crippen LogP contribution is -2.33. The molecule has 1 aliphatic heterocycles. The van der Waals surface area contributed by atoms with Gasteiger partial charge in [0.15, 0.2) is 21.3 Å². The molecule has 6 nitrogen and oxygen atoms in total. The number of hydrogen-bond donors (Lipinski definition) is 1. The van der Waals surface area contributed by atoms with Gasteiger partial charge in [0.05, 0.1) is 27.2 Å². The van der Waals surface area contributed by atoms with Crippen LogP contribution in [0.25, 0.3) is 0 Å². The molecule has 2 N–H and O–H groups in total. The highest BCUT2D eigenvalue weighted by molar-refractivity contribution is 7.92. The van der Waals surface area contributed by atoms with Gasteiger partial charge in [-0.15, -0.1) is 0 Å². The predicted octanol–water partition coefficient (Wildman–Crippen LogP) is 2.93. The highest BCUT2D eigenvalue weighted by Gasteiger charge is 2.73. The van der Waals surface area contributed by atoms with Gasteiger partial charge < -0.3 is 19.9 Å². The molecular weight excluding hydrogens is 422 g/mol. The number of fused-ring (bicyclic) bond motifs is 1. The summed E-state index contributed by atoms with van der Waals surface area (Å²) in [7, 11) is -2.25. The van der Waals surface area contributed by atoms with Crippen molar-refractivity contribution in [3.05, 3.63) is 53.1 Å². The standard InChI is InChI=1S/C19H18ClNO5S2/c1-24-9-19(18(21)27)16(11-2-7-14-15(8-11)26-10-25-14)17(19)28(22,23)13-5-3-12(20)4-6-13/h2-8,16-17H,9-10H2,1H3,(H2,21,27)/t16-,17+,19-/m1/s1. The number of ether oxygens (including phenoxy) is 3. The lowest BCUT2D eigenvalue weighted by Gasteiger charge is -2.16. The lowest BCUT2D eigenvalue weighted by atomic mass is 9.99. The Bertz CT molecular complexity index is 1040. The molecular formula is C19H18ClNO5S2. The Morgan fingerprint density at radius 3 is 2.57 bits per heavy atom. The first-order valence-corrected chi connectivity index (χ1v) is 10.8. The Kier molecular flexibility index (Phi) is 4.78. The molecule has 9 heteroatoms. The molecule has 0 saturated heterocycles. The van der Waals surface area contributed by atoms with Gasteiger partial charge in [-0.2, -0.15) is 0 Å². The zero-order valence-electron chi connectivity index (χ0n) is 14.9. The molecule has 0 aromatic heterocycles. The fourth-order valence-electron chi connectivity index (χ4n) is 3.99. The van der Waals surface area contributed by atoms with Crippen LogP contribution < -0.4 is 15.2 Å². The number of sulfone groups is 1. The number of thiocarbonyl (C=S) groups is 1. The summed E-state index contributed by atoms with van der Waals surface area (Å²) in [5.74, 6) is 0.732. The van der Waals surface area contributed by atoms with Crippen molar-refractivity contribution in [1.29, 1.82) is 0 Å². The molecule has 0 spiro atoms. The van der Waals surface area contributed by atoms with E-state index >= 15 is 0 Å². The second kappa shape index (κ2) is 6.88. The maximum atomic E-state index is 13.4. The van der Waals surface area contributed by atoms with Crippen LogP contribution in [-0.2, 0) is 14.6 Å². The average molecular weight is 440 g/mol. The summed E-state index contributed by atoms with van der Waals surface area (Å²) in [5.41, 5.74) is 5.82. The quantitative estimate of drug-likeness (QED) is 0.692. The molecule has 1 fully saturated rings. The van der Waals surface area contributed by atoms with Crippen LogP contribution in [-0.4, -0.2) is 39.2 Å². The van der Waals surface area contributed by atoms with Crippen molar-refractivity contribution in [2.75, 3.05) is 20.5 Å². The molecule has 148 valence electrons. The SMILES string of the molecule is COC[C@@]1(C(N)=S)[C@H](c2ccc3c(c2)OCO3)[C@@H]1S(=O)(=O)c1ccc(Cl)cc1. The summed E-state index contributed by atoms with van der Waals surface area (Å²) in [5, 5.41) is -0.390. The van der Waals surface area contributed by atoms with Crippen molar-refractivity contribution in [1.82, 2.24) is 0 Å². The molecule has 2 aromatic rings. The predicted molar refractivity (Wildman–Crippen MR) is 109 cm³/mol. The number of methoxy groups -OCH3 is 1.